The zero-order valence-electron chi connectivity index (χ0n) is 9.54. The summed E-state index contributed by atoms with van der Waals surface area (Å²) in [6, 6.07) is 3.04. The number of anilines is 1. The SMILES string of the molecule is COS(=O)(=O)c1ccc(N(C)C)c2nonc12. The van der Waals surface area contributed by atoms with E-state index in [2.05, 4.69) is 19.1 Å². The van der Waals surface area contributed by atoms with Gasteiger partial charge in [0.2, 0.25) is 0 Å². The van der Waals surface area contributed by atoms with Crippen LogP contribution in [0.2, 0.25) is 0 Å². The molecule has 1 aromatic carbocycles. The van der Waals surface area contributed by atoms with Crippen LogP contribution in [0, 0.1) is 0 Å². The molecule has 17 heavy (non-hydrogen) atoms. The molecule has 0 fully saturated rings. The first kappa shape index (κ1) is 11.8. The van der Waals surface area contributed by atoms with Crippen LogP contribution in [0.4, 0.5) is 5.69 Å². The van der Waals surface area contributed by atoms with Gasteiger partial charge in [-0.2, -0.15) is 8.42 Å². The zero-order chi connectivity index (χ0) is 12.6. The van der Waals surface area contributed by atoms with Gasteiger partial charge in [0.25, 0.3) is 10.1 Å². The van der Waals surface area contributed by atoms with Crippen molar-refractivity contribution in [1.29, 1.82) is 0 Å². The monoisotopic (exact) mass is 257 g/mol. The van der Waals surface area contributed by atoms with Crippen LogP contribution >= 0.6 is 0 Å². The molecular formula is C9H11N3O4S. The van der Waals surface area contributed by atoms with E-state index in [0.717, 1.165) is 12.8 Å². The molecule has 0 unspecified atom stereocenters. The summed E-state index contributed by atoms with van der Waals surface area (Å²) in [7, 11) is 0.901. The van der Waals surface area contributed by atoms with E-state index in [4.69, 9.17) is 0 Å². The Labute approximate surface area is 98.1 Å². The Morgan fingerprint density at radius 3 is 2.47 bits per heavy atom. The molecular weight excluding hydrogens is 246 g/mol. The van der Waals surface area contributed by atoms with Crippen LogP contribution in [0.15, 0.2) is 21.7 Å². The van der Waals surface area contributed by atoms with Crippen LogP contribution in [-0.4, -0.2) is 39.9 Å². The van der Waals surface area contributed by atoms with Crippen molar-refractivity contribution in [2.24, 2.45) is 0 Å². The van der Waals surface area contributed by atoms with Gasteiger partial charge < -0.3 is 4.90 Å². The fraction of sp³-hybridized carbons (Fsp3) is 0.333. The van der Waals surface area contributed by atoms with Crippen LogP contribution in [0.3, 0.4) is 0 Å². The van der Waals surface area contributed by atoms with Gasteiger partial charge in [0.1, 0.15) is 4.90 Å². The molecule has 92 valence electrons. The van der Waals surface area contributed by atoms with Crippen LogP contribution in [0.25, 0.3) is 11.0 Å². The van der Waals surface area contributed by atoms with Gasteiger partial charge in [-0.1, -0.05) is 0 Å². The highest BCUT2D eigenvalue weighted by Gasteiger charge is 2.22. The van der Waals surface area contributed by atoms with Crippen molar-refractivity contribution in [2.75, 3.05) is 26.1 Å². The minimum Gasteiger partial charge on any atom is -0.376 e. The molecule has 0 bridgehead atoms. The van der Waals surface area contributed by atoms with E-state index in [1.165, 1.54) is 6.07 Å². The van der Waals surface area contributed by atoms with Crippen molar-refractivity contribution in [1.82, 2.24) is 10.3 Å². The average molecular weight is 257 g/mol. The third kappa shape index (κ3) is 1.85. The van der Waals surface area contributed by atoms with E-state index in [1.807, 2.05) is 14.1 Å². The number of fused-ring (bicyclic) bond motifs is 1. The summed E-state index contributed by atoms with van der Waals surface area (Å²) in [6.07, 6.45) is 0. The predicted octanol–water partition coefficient (Wildman–Crippen LogP) is 0.624. The second kappa shape index (κ2) is 3.97. The first-order chi connectivity index (χ1) is 7.97. The van der Waals surface area contributed by atoms with E-state index in [0.29, 0.717) is 5.52 Å². The first-order valence-electron chi connectivity index (χ1n) is 4.70. The Morgan fingerprint density at radius 2 is 1.88 bits per heavy atom. The number of nitrogens with zero attached hydrogens (tertiary/aromatic N) is 3. The molecule has 0 amide bonds. The molecule has 0 spiro atoms. The Kier molecular flexibility index (Phi) is 2.76. The fourth-order valence-corrected chi connectivity index (χ4v) is 2.27. The maximum atomic E-state index is 11.6. The number of aromatic nitrogens is 2. The molecule has 0 aliphatic heterocycles. The minimum absolute atomic E-state index is 0.0538. The molecule has 0 saturated carbocycles. The third-order valence-corrected chi connectivity index (χ3v) is 3.63. The molecule has 0 saturated heterocycles. The largest absolute Gasteiger partial charge is 0.376 e. The van der Waals surface area contributed by atoms with Crippen molar-refractivity contribution in [3.8, 4) is 0 Å². The zero-order valence-corrected chi connectivity index (χ0v) is 10.4. The number of hydrogen-bond donors (Lipinski definition) is 0. The maximum absolute atomic E-state index is 11.6. The quantitative estimate of drug-likeness (QED) is 0.745. The van der Waals surface area contributed by atoms with E-state index in [-0.39, 0.29) is 10.4 Å². The van der Waals surface area contributed by atoms with Gasteiger partial charge >= 0.3 is 0 Å². The minimum atomic E-state index is -3.82. The van der Waals surface area contributed by atoms with E-state index in [9.17, 15) is 8.42 Å². The second-order valence-electron chi connectivity index (χ2n) is 3.56. The molecule has 1 aromatic heterocycles. The number of benzene rings is 1. The van der Waals surface area contributed by atoms with E-state index >= 15 is 0 Å². The average Bonchev–Trinajstić information content (AvgIpc) is 2.75. The second-order valence-corrected chi connectivity index (χ2v) is 5.24. The van der Waals surface area contributed by atoms with Gasteiger partial charge in [-0.25, -0.2) is 4.63 Å². The Hall–Kier alpha value is -1.67. The Morgan fingerprint density at radius 1 is 1.24 bits per heavy atom. The molecule has 2 rings (SSSR count). The molecule has 2 aromatic rings. The van der Waals surface area contributed by atoms with Crippen LogP contribution in [0.1, 0.15) is 0 Å². The van der Waals surface area contributed by atoms with Crippen LogP contribution < -0.4 is 4.90 Å². The van der Waals surface area contributed by atoms with Crippen molar-refractivity contribution < 1.29 is 17.2 Å². The fourth-order valence-electron chi connectivity index (χ4n) is 1.48. The summed E-state index contributed by atoms with van der Waals surface area (Å²) in [5.41, 5.74) is 1.27. The lowest BCUT2D eigenvalue weighted by Crippen LogP contribution is -2.10. The molecule has 8 heteroatoms. The first-order valence-corrected chi connectivity index (χ1v) is 6.11. The summed E-state index contributed by atoms with van der Waals surface area (Å²) >= 11 is 0. The summed E-state index contributed by atoms with van der Waals surface area (Å²) < 4.78 is 32.3. The van der Waals surface area contributed by atoms with E-state index in [1.54, 1.807) is 11.0 Å². The Balaban J connectivity index is 2.79. The summed E-state index contributed by atoms with van der Waals surface area (Å²) in [4.78, 5) is 1.73. The van der Waals surface area contributed by atoms with Crippen LogP contribution in [-0.2, 0) is 14.3 Å². The lowest BCUT2D eigenvalue weighted by atomic mass is 10.2. The van der Waals surface area contributed by atoms with Gasteiger partial charge in [-0.15, -0.1) is 0 Å². The third-order valence-electron chi connectivity index (χ3n) is 2.33. The molecule has 7 nitrogen and oxygen atoms in total. The topological polar surface area (TPSA) is 85.5 Å². The summed E-state index contributed by atoms with van der Waals surface area (Å²) in [5, 5.41) is 7.30. The van der Waals surface area contributed by atoms with Gasteiger partial charge in [-0.05, 0) is 22.4 Å². The molecule has 0 atom stereocenters. The molecule has 0 aliphatic rings. The van der Waals surface area contributed by atoms with Gasteiger partial charge in [0.15, 0.2) is 11.0 Å². The predicted molar refractivity (Wildman–Crippen MR) is 60.3 cm³/mol. The lowest BCUT2D eigenvalue weighted by molar-refractivity contribution is 0.315. The summed E-state index contributed by atoms with van der Waals surface area (Å²) in [5.74, 6) is 0. The van der Waals surface area contributed by atoms with Crippen LogP contribution in [0.5, 0.6) is 0 Å². The smallest absolute Gasteiger partial charge is 0.299 e. The van der Waals surface area contributed by atoms with Crippen molar-refractivity contribution in [3.63, 3.8) is 0 Å². The summed E-state index contributed by atoms with van der Waals surface area (Å²) in [6.45, 7) is 0. The van der Waals surface area contributed by atoms with Gasteiger partial charge in [0.05, 0.1) is 12.8 Å². The molecule has 0 aliphatic carbocycles. The molecule has 1 heterocycles. The highest BCUT2D eigenvalue weighted by molar-refractivity contribution is 7.87. The molecule has 0 N–H and O–H groups in total. The highest BCUT2D eigenvalue weighted by atomic mass is 32.2. The normalized spacial score (nSPS) is 11.9. The van der Waals surface area contributed by atoms with Gasteiger partial charge in [0, 0.05) is 14.1 Å². The van der Waals surface area contributed by atoms with Crippen molar-refractivity contribution >= 4 is 26.8 Å². The maximum Gasteiger partial charge on any atom is 0.299 e. The number of rotatable bonds is 3. The van der Waals surface area contributed by atoms with Gasteiger partial charge in [-0.3, -0.25) is 4.18 Å². The van der Waals surface area contributed by atoms with Crippen molar-refractivity contribution in [3.05, 3.63) is 12.1 Å². The van der Waals surface area contributed by atoms with E-state index < -0.39 is 10.1 Å². The number of hydrogen-bond acceptors (Lipinski definition) is 7. The lowest BCUT2D eigenvalue weighted by Gasteiger charge is -2.12. The standard InChI is InChI=1S/C9H11N3O4S/c1-12(2)6-4-5-7(17(13,14)15-3)9-8(6)10-16-11-9/h4-5H,1-3H3. The van der Waals surface area contributed by atoms with Crippen molar-refractivity contribution in [2.45, 2.75) is 4.90 Å². The Bertz CT molecular complexity index is 647. The molecule has 0 radical (unpaired) electrons. The highest BCUT2D eigenvalue weighted by Crippen LogP contribution is 2.28.